The average molecular weight is 328 g/mol. The van der Waals surface area contributed by atoms with E-state index in [9.17, 15) is 4.79 Å². The van der Waals surface area contributed by atoms with Crippen molar-refractivity contribution >= 4 is 23.4 Å². The summed E-state index contributed by atoms with van der Waals surface area (Å²) < 4.78 is 4.81. The lowest BCUT2D eigenvalue weighted by Gasteiger charge is -2.11. The standard InChI is InChI=1S/C18H24N4O2/c1-4-24-18(23)21-15-9-10-16(22-17(15)19)20-11-13-5-7-14(8-6-13)12(2)3/h5-10,12H,4,11H2,1-3H3,(H,21,23)(H3,19,20,22). The van der Waals surface area contributed by atoms with E-state index in [1.807, 2.05) is 0 Å². The Labute approximate surface area is 142 Å². The second-order valence-electron chi connectivity index (χ2n) is 5.72. The smallest absolute Gasteiger partial charge is 0.411 e. The Hall–Kier alpha value is -2.76. The number of anilines is 3. The van der Waals surface area contributed by atoms with E-state index < -0.39 is 6.09 Å². The first-order valence-electron chi connectivity index (χ1n) is 8.02. The van der Waals surface area contributed by atoms with E-state index in [4.69, 9.17) is 10.5 Å². The molecule has 0 aliphatic carbocycles. The summed E-state index contributed by atoms with van der Waals surface area (Å²) in [6.07, 6.45) is -0.544. The number of aromatic nitrogens is 1. The minimum atomic E-state index is -0.544. The fourth-order valence-corrected chi connectivity index (χ4v) is 2.17. The molecule has 0 bridgehead atoms. The zero-order valence-corrected chi connectivity index (χ0v) is 14.3. The van der Waals surface area contributed by atoms with Crippen LogP contribution in [0.25, 0.3) is 0 Å². The number of hydrogen-bond acceptors (Lipinski definition) is 5. The van der Waals surface area contributed by atoms with Gasteiger partial charge in [0.25, 0.3) is 0 Å². The Morgan fingerprint density at radius 3 is 2.50 bits per heavy atom. The number of amides is 1. The highest BCUT2D eigenvalue weighted by atomic mass is 16.5. The van der Waals surface area contributed by atoms with Gasteiger partial charge in [-0.3, -0.25) is 5.32 Å². The molecule has 1 aromatic heterocycles. The third-order valence-electron chi connectivity index (χ3n) is 3.56. The lowest BCUT2D eigenvalue weighted by atomic mass is 10.0. The Kier molecular flexibility index (Phi) is 6.01. The number of carbonyl (C=O) groups excluding carboxylic acids is 1. The van der Waals surface area contributed by atoms with Crippen LogP contribution in [0.15, 0.2) is 36.4 Å². The molecular weight excluding hydrogens is 304 g/mol. The van der Waals surface area contributed by atoms with Crippen molar-refractivity contribution in [3.63, 3.8) is 0 Å². The predicted octanol–water partition coefficient (Wildman–Crippen LogP) is 3.97. The minimum Gasteiger partial charge on any atom is -0.450 e. The summed E-state index contributed by atoms with van der Waals surface area (Å²) in [6.45, 7) is 7.03. The quantitative estimate of drug-likeness (QED) is 0.746. The van der Waals surface area contributed by atoms with Gasteiger partial charge in [-0.25, -0.2) is 9.78 Å². The molecule has 0 aliphatic rings. The van der Waals surface area contributed by atoms with Crippen molar-refractivity contribution in [3.8, 4) is 0 Å². The molecule has 0 radical (unpaired) electrons. The summed E-state index contributed by atoms with van der Waals surface area (Å²) in [7, 11) is 0. The maximum absolute atomic E-state index is 11.4. The van der Waals surface area contributed by atoms with Gasteiger partial charge >= 0.3 is 6.09 Å². The molecule has 0 aliphatic heterocycles. The lowest BCUT2D eigenvalue weighted by Crippen LogP contribution is -2.15. The third-order valence-corrected chi connectivity index (χ3v) is 3.56. The summed E-state index contributed by atoms with van der Waals surface area (Å²) >= 11 is 0. The number of nitrogens with one attached hydrogen (secondary N) is 2. The van der Waals surface area contributed by atoms with Crippen molar-refractivity contribution in [2.24, 2.45) is 0 Å². The summed E-state index contributed by atoms with van der Waals surface area (Å²) in [6, 6.07) is 11.9. The molecule has 0 unspecified atom stereocenters. The fourth-order valence-electron chi connectivity index (χ4n) is 2.17. The molecule has 0 fully saturated rings. The molecule has 128 valence electrons. The van der Waals surface area contributed by atoms with E-state index in [0.29, 0.717) is 30.6 Å². The van der Waals surface area contributed by atoms with E-state index in [1.54, 1.807) is 19.1 Å². The van der Waals surface area contributed by atoms with Crippen LogP contribution in [0.5, 0.6) is 0 Å². The third kappa shape index (κ3) is 4.87. The van der Waals surface area contributed by atoms with E-state index in [0.717, 1.165) is 5.56 Å². The zero-order chi connectivity index (χ0) is 17.5. The van der Waals surface area contributed by atoms with Crippen LogP contribution in [-0.2, 0) is 11.3 Å². The van der Waals surface area contributed by atoms with Crippen LogP contribution < -0.4 is 16.4 Å². The molecular formula is C18H24N4O2. The van der Waals surface area contributed by atoms with Crippen molar-refractivity contribution in [2.75, 3.05) is 23.0 Å². The molecule has 1 aromatic carbocycles. The van der Waals surface area contributed by atoms with Gasteiger partial charge in [-0.1, -0.05) is 38.1 Å². The number of benzene rings is 1. The largest absolute Gasteiger partial charge is 0.450 e. The lowest BCUT2D eigenvalue weighted by molar-refractivity contribution is 0.168. The van der Waals surface area contributed by atoms with Crippen molar-refractivity contribution in [1.82, 2.24) is 4.98 Å². The van der Waals surface area contributed by atoms with Crippen LogP contribution in [-0.4, -0.2) is 17.7 Å². The molecule has 24 heavy (non-hydrogen) atoms. The van der Waals surface area contributed by atoms with Gasteiger partial charge in [-0.15, -0.1) is 0 Å². The monoisotopic (exact) mass is 328 g/mol. The number of ether oxygens (including phenoxy) is 1. The molecule has 0 saturated carbocycles. The predicted molar refractivity (Wildman–Crippen MR) is 97.2 cm³/mol. The first kappa shape index (κ1) is 17.6. The summed E-state index contributed by atoms with van der Waals surface area (Å²) in [5.74, 6) is 1.41. The maximum atomic E-state index is 11.4. The highest BCUT2D eigenvalue weighted by Gasteiger charge is 2.07. The second kappa shape index (κ2) is 8.19. The topological polar surface area (TPSA) is 89.3 Å². The molecule has 0 atom stereocenters. The van der Waals surface area contributed by atoms with Crippen LogP contribution >= 0.6 is 0 Å². The minimum absolute atomic E-state index is 0.239. The molecule has 2 aromatic rings. The van der Waals surface area contributed by atoms with E-state index in [-0.39, 0.29) is 5.82 Å². The molecule has 2 rings (SSSR count). The van der Waals surface area contributed by atoms with Crippen LogP contribution in [0.4, 0.5) is 22.1 Å². The number of nitrogen functional groups attached to an aromatic ring is 1. The number of nitrogens with two attached hydrogens (primary N) is 1. The molecule has 1 amide bonds. The van der Waals surface area contributed by atoms with Gasteiger partial charge in [0.05, 0.1) is 12.3 Å². The normalized spacial score (nSPS) is 10.5. The van der Waals surface area contributed by atoms with Crippen LogP contribution in [0.2, 0.25) is 0 Å². The Morgan fingerprint density at radius 2 is 1.92 bits per heavy atom. The number of nitrogens with zero attached hydrogens (tertiary/aromatic N) is 1. The Morgan fingerprint density at radius 1 is 1.21 bits per heavy atom. The average Bonchev–Trinajstić information content (AvgIpc) is 2.56. The van der Waals surface area contributed by atoms with Crippen LogP contribution in [0.1, 0.15) is 37.8 Å². The Bertz CT molecular complexity index is 684. The summed E-state index contributed by atoms with van der Waals surface area (Å²) in [5.41, 5.74) is 8.77. The molecule has 6 heteroatoms. The number of hydrogen-bond donors (Lipinski definition) is 3. The van der Waals surface area contributed by atoms with Crippen molar-refractivity contribution in [2.45, 2.75) is 33.2 Å². The van der Waals surface area contributed by atoms with E-state index >= 15 is 0 Å². The van der Waals surface area contributed by atoms with Crippen molar-refractivity contribution in [3.05, 3.63) is 47.5 Å². The molecule has 4 N–H and O–H groups in total. The molecule has 6 nitrogen and oxygen atoms in total. The van der Waals surface area contributed by atoms with E-state index in [1.165, 1.54) is 5.56 Å². The zero-order valence-electron chi connectivity index (χ0n) is 14.3. The second-order valence-corrected chi connectivity index (χ2v) is 5.72. The van der Waals surface area contributed by atoms with Gasteiger partial charge < -0.3 is 15.8 Å². The van der Waals surface area contributed by atoms with Crippen LogP contribution in [0, 0.1) is 0 Å². The van der Waals surface area contributed by atoms with Gasteiger partial charge in [0.15, 0.2) is 0 Å². The fraction of sp³-hybridized carbons (Fsp3) is 0.333. The van der Waals surface area contributed by atoms with Gasteiger partial charge in [0, 0.05) is 6.54 Å². The van der Waals surface area contributed by atoms with Gasteiger partial charge in [-0.2, -0.15) is 0 Å². The number of carbonyl (C=O) groups is 1. The Balaban J connectivity index is 1.95. The molecule has 1 heterocycles. The maximum Gasteiger partial charge on any atom is 0.411 e. The highest BCUT2D eigenvalue weighted by molar-refractivity contribution is 5.88. The van der Waals surface area contributed by atoms with E-state index in [2.05, 4.69) is 53.7 Å². The number of rotatable bonds is 6. The first-order valence-corrected chi connectivity index (χ1v) is 8.02. The summed E-state index contributed by atoms with van der Waals surface area (Å²) in [4.78, 5) is 15.6. The molecule has 0 spiro atoms. The molecule has 0 saturated heterocycles. The van der Waals surface area contributed by atoms with Crippen LogP contribution in [0.3, 0.4) is 0 Å². The SMILES string of the molecule is CCOC(=O)Nc1ccc(NCc2ccc(C(C)C)cc2)nc1N. The summed E-state index contributed by atoms with van der Waals surface area (Å²) in [5, 5.41) is 5.77. The number of pyridine rings is 1. The van der Waals surface area contributed by atoms with Gasteiger partial charge in [-0.05, 0) is 36.1 Å². The van der Waals surface area contributed by atoms with Gasteiger partial charge in [0.1, 0.15) is 11.6 Å². The van der Waals surface area contributed by atoms with Gasteiger partial charge in [0.2, 0.25) is 0 Å². The van der Waals surface area contributed by atoms with Crippen molar-refractivity contribution < 1.29 is 9.53 Å². The highest BCUT2D eigenvalue weighted by Crippen LogP contribution is 2.20. The first-order chi connectivity index (χ1) is 11.5. The van der Waals surface area contributed by atoms with Crippen molar-refractivity contribution in [1.29, 1.82) is 0 Å².